The van der Waals surface area contributed by atoms with Crippen molar-refractivity contribution < 1.29 is 24.6 Å². The molecule has 5 atom stereocenters. The molecule has 0 spiro atoms. The number of carbonyl (C=O) groups excluding carboxylic acids is 2. The van der Waals surface area contributed by atoms with Gasteiger partial charge in [-0.25, -0.2) is 4.79 Å². The summed E-state index contributed by atoms with van der Waals surface area (Å²) in [4.78, 5) is 35.4. The van der Waals surface area contributed by atoms with E-state index in [1.165, 1.54) is 6.92 Å². The summed E-state index contributed by atoms with van der Waals surface area (Å²) in [7, 11) is 0. The lowest BCUT2D eigenvalue weighted by molar-refractivity contribution is -0.145. The second-order valence-electron chi connectivity index (χ2n) is 6.21. The van der Waals surface area contributed by atoms with E-state index >= 15 is 0 Å². The Balaban J connectivity index is 5.01. The molecule has 134 valence electrons. The molecule has 23 heavy (non-hydrogen) atoms. The topological polar surface area (TPSA) is 142 Å². The van der Waals surface area contributed by atoms with Crippen molar-refractivity contribution in [1.82, 2.24) is 10.6 Å². The van der Waals surface area contributed by atoms with Crippen LogP contribution in [0.2, 0.25) is 0 Å². The van der Waals surface area contributed by atoms with Gasteiger partial charge in [-0.1, -0.05) is 34.1 Å². The van der Waals surface area contributed by atoms with E-state index in [2.05, 4.69) is 10.6 Å². The molecule has 0 aromatic carbocycles. The summed E-state index contributed by atoms with van der Waals surface area (Å²) in [5.41, 5.74) is 5.84. The molecule has 0 bridgehead atoms. The van der Waals surface area contributed by atoms with Gasteiger partial charge >= 0.3 is 5.97 Å². The molecular formula is C15H29N3O5. The first-order valence-corrected chi connectivity index (χ1v) is 7.80. The lowest BCUT2D eigenvalue weighted by Gasteiger charge is -2.27. The van der Waals surface area contributed by atoms with Crippen LogP contribution in [-0.4, -0.2) is 52.2 Å². The van der Waals surface area contributed by atoms with Crippen LogP contribution in [0.15, 0.2) is 0 Å². The third-order valence-electron chi connectivity index (χ3n) is 3.85. The number of amides is 2. The van der Waals surface area contributed by atoms with Crippen molar-refractivity contribution in [2.24, 2.45) is 17.6 Å². The van der Waals surface area contributed by atoms with Gasteiger partial charge in [-0.2, -0.15) is 0 Å². The standard InChI is InChI=1S/C15H29N3O5/c1-6-8(4)10(16)13(20)17-11(7(2)3)14(21)18-12(9(5)19)15(22)23/h7-12,19H,6,16H2,1-5H3,(H,17,20)(H,18,21)(H,22,23). The molecule has 0 aromatic heterocycles. The van der Waals surface area contributed by atoms with E-state index in [9.17, 15) is 19.5 Å². The first kappa shape index (κ1) is 21.3. The number of aliphatic hydroxyl groups excluding tert-OH is 1. The maximum atomic E-state index is 12.3. The van der Waals surface area contributed by atoms with Crippen LogP contribution in [-0.2, 0) is 14.4 Å². The Morgan fingerprint density at radius 3 is 1.83 bits per heavy atom. The van der Waals surface area contributed by atoms with Crippen LogP contribution in [0.4, 0.5) is 0 Å². The zero-order valence-electron chi connectivity index (χ0n) is 14.4. The average molecular weight is 331 g/mol. The molecule has 0 rings (SSSR count). The number of hydrogen-bond acceptors (Lipinski definition) is 5. The summed E-state index contributed by atoms with van der Waals surface area (Å²) in [6.45, 7) is 8.45. The Morgan fingerprint density at radius 2 is 1.48 bits per heavy atom. The van der Waals surface area contributed by atoms with E-state index in [4.69, 9.17) is 10.8 Å². The number of carboxylic acid groups (broad SMARTS) is 1. The minimum Gasteiger partial charge on any atom is -0.480 e. The fourth-order valence-corrected chi connectivity index (χ4v) is 1.93. The number of rotatable bonds is 9. The highest BCUT2D eigenvalue weighted by atomic mass is 16.4. The maximum Gasteiger partial charge on any atom is 0.328 e. The summed E-state index contributed by atoms with van der Waals surface area (Å²) in [6.07, 6.45) is -0.543. The van der Waals surface area contributed by atoms with E-state index < -0.39 is 42.0 Å². The highest BCUT2D eigenvalue weighted by Crippen LogP contribution is 2.08. The van der Waals surface area contributed by atoms with Crippen molar-refractivity contribution in [3.63, 3.8) is 0 Å². The van der Waals surface area contributed by atoms with Gasteiger partial charge in [-0.05, 0) is 18.8 Å². The second-order valence-corrected chi connectivity index (χ2v) is 6.21. The van der Waals surface area contributed by atoms with Gasteiger partial charge in [0, 0.05) is 0 Å². The molecule has 8 nitrogen and oxygen atoms in total. The van der Waals surface area contributed by atoms with Crippen molar-refractivity contribution in [1.29, 1.82) is 0 Å². The quantitative estimate of drug-likeness (QED) is 0.384. The fourth-order valence-electron chi connectivity index (χ4n) is 1.93. The van der Waals surface area contributed by atoms with Crippen molar-refractivity contribution >= 4 is 17.8 Å². The first-order valence-electron chi connectivity index (χ1n) is 7.80. The molecule has 6 N–H and O–H groups in total. The van der Waals surface area contributed by atoms with Gasteiger partial charge in [0.05, 0.1) is 12.1 Å². The Kier molecular flexibility index (Phi) is 8.78. The number of nitrogens with two attached hydrogens (primary N) is 1. The van der Waals surface area contributed by atoms with Crippen LogP contribution < -0.4 is 16.4 Å². The molecule has 0 saturated carbocycles. The van der Waals surface area contributed by atoms with Crippen LogP contribution in [0, 0.1) is 11.8 Å². The Morgan fingerprint density at radius 1 is 1.00 bits per heavy atom. The summed E-state index contributed by atoms with van der Waals surface area (Å²) in [6, 6.07) is -3.12. The van der Waals surface area contributed by atoms with Crippen molar-refractivity contribution in [3.8, 4) is 0 Å². The Labute approximate surface area is 136 Å². The highest BCUT2D eigenvalue weighted by molar-refractivity contribution is 5.92. The molecule has 0 radical (unpaired) electrons. The SMILES string of the molecule is CCC(C)C(N)C(=O)NC(C(=O)NC(C(=O)O)C(C)O)C(C)C. The van der Waals surface area contributed by atoms with Crippen LogP contribution in [0.5, 0.6) is 0 Å². The van der Waals surface area contributed by atoms with Crippen molar-refractivity contribution in [2.45, 2.75) is 65.3 Å². The first-order chi connectivity index (χ1) is 10.5. The van der Waals surface area contributed by atoms with Gasteiger partial charge in [0.1, 0.15) is 6.04 Å². The van der Waals surface area contributed by atoms with E-state index in [1.54, 1.807) is 13.8 Å². The molecule has 0 aliphatic heterocycles. The lowest BCUT2D eigenvalue weighted by Crippen LogP contribution is -2.58. The fraction of sp³-hybridized carbons (Fsp3) is 0.800. The van der Waals surface area contributed by atoms with Crippen LogP contribution >= 0.6 is 0 Å². The van der Waals surface area contributed by atoms with E-state index in [-0.39, 0.29) is 11.8 Å². The van der Waals surface area contributed by atoms with E-state index in [0.29, 0.717) is 0 Å². The molecule has 2 amide bonds. The van der Waals surface area contributed by atoms with Gasteiger partial charge in [-0.3, -0.25) is 9.59 Å². The third-order valence-corrected chi connectivity index (χ3v) is 3.85. The van der Waals surface area contributed by atoms with Gasteiger partial charge in [0.2, 0.25) is 11.8 Å². The molecule has 0 aromatic rings. The Bertz CT molecular complexity index is 425. The largest absolute Gasteiger partial charge is 0.480 e. The second kappa shape index (κ2) is 9.46. The zero-order valence-corrected chi connectivity index (χ0v) is 14.4. The van der Waals surface area contributed by atoms with E-state index in [0.717, 1.165) is 6.42 Å². The summed E-state index contributed by atoms with van der Waals surface area (Å²) >= 11 is 0. The third kappa shape index (κ3) is 6.54. The lowest BCUT2D eigenvalue weighted by atomic mass is 9.97. The molecule has 0 fully saturated rings. The molecule has 0 aliphatic carbocycles. The van der Waals surface area contributed by atoms with Gasteiger partial charge < -0.3 is 26.6 Å². The zero-order chi connectivity index (χ0) is 18.3. The van der Waals surface area contributed by atoms with Crippen molar-refractivity contribution in [3.05, 3.63) is 0 Å². The number of hydrogen-bond donors (Lipinski definition) is 5. The number of carbonyl (C=O) groups is 3. The molecular weight excluding hydrogens is 302 g/mol. The van der Waals surface area contributed by atoms with Gasteiger partial charge in [-0.15, -0.1) is 0 Å². The number of carboxylic acids is 1. The summed E-state index contributed by atoms with van der Waals surface area (Å²) < 4.78 is 0. The maximum absolute atomic E-state index is 12.3. The predicted octanol–water partition coefficient (Wildman–Crippen LogP) is -0.549. The molecule has 0 saturated heterocycles. The van der Waals surface area contributed by atoms with Crippen molar-refractivity contribution in [2.75, 3.05) is 0 Å². The molecule has 0 aliphatic rings. The van der Waals surface area contributed by atoms with Gasteiger partial charge in [0.25, 0.3) is 0 Å². The van der Waals surface area contributed by atoms with Crippen LogP contribution in [0.3, 0.4) is 0 Å². The number of aliphatic carboxylic acids is 1. The molecule has 5 unspecified atom stereocenters. The van der Waals surface area contributed by atoms with E-state index in [1.807, 2.05) is 13.8 Å². The molecule has 0 heterocycles. The number of aliphatic hydroxyl groups is 1. The average Bonchev–Trinajstić information content (AvgIpc) is 2.46. The predicted molar refractivity (Wildman–Crippen MR) is 85.4 cm³/mol. The minimum atomic E-state index is -1.44. The minimum absolute atomic E-state index is 0.0462. The number of nitrogens with one attached hydrogen (secondary N) is 2. The highest BCUT2D eigenvalue weighted by Gasteiger charge is 2.32. The summed E-state index contributed by atoms with van der Waals surface area (Å²) in [5, 5.41) is 23.2. The molecule has 8 heteroatoms. The monoisotopic (exact) mass is 331 g/mol. The van der Waals surface area contributed by atoms with Crippen LogP contribution in [0.1, 0.15) is 41.0 Å². The Hall–Kier alpha value is -1.67. The smallest absolute Gasteiger partial charge is 0.328 e. The summed E-state index contributed by atoms with van der Waals surface area (Å²) in [5.74, 6) is -2.80. The normalized spacial score (nSPS) is 17.7. The van der Waals surface area contributed by atoms with Gasteiger partial charge in [0.15, 0.2) is 6.04 Å². The van der Waals surface area contributed by atoms with Crippen LogP contribution in [0.25, 0.3) is 0 Å².